The Morgan fingerprint density at radius 3 is 2.69 bits per heavy atom. The van der Waals surface area contributed by atoms with Crippen molar-refractivity contribution in [3.8, 4) is 5.75 Å². The molecule has 4 aromatic rings. The first kappa shape index (κ1) is 25.1. The van der Waals surface area contributed by atoms with E-state index in [1.807, 2.05) is 49.2 Å². The summed E-state index contributed by atoms with van der Waals surface area (Å²) in [5.74, 6) is 2.38. The molecule has 2 aliphatic rings. The molecule has 5 heterocycles. The van der Waals surface area contributed by atoms with E-state index in [9.17, 15) is 4.79 Å². The lowest BCUT2D eigenvalue weighted by Gasteiger charge is -2.37. The Morgan fingerprint density at radius 1 is 1.15 bits per heavy atom. The van der Waals surface area contributed by atoms with Crippen molar-refractivity contribution in [2.75, 3.05) is 37.7 Å². The van der Waals surface area contributed by atoms with Gasteiger partial charge < -0.3 is 24.4 Å². The van der Waals surface area contributed by atoms with Crippen LogP contribution in [-0.2, 0) is 6.42 Å². The van der Waals surface area contributed by atoms with Crippen molar-refractivity contribution < 1.29 is 14.1 Å². The number of benzene rings is 1. The second-order valence-corrected chi connectivity index (χ2v) is 10.8. The molecule has 0 saturated carbocycles. The molecule has 1 spiro atoms. The molecule has 6 rings (SSSR count). The molecule has 2 fully saturated rings. The number of amides is 2. The van der Waals surface area contributed by atoms with Crippen LogP contribution in [0.1, 0.15) is 48.5 Å². The van der Waals surface area contributed by atoms with Gasteiger partial charge in [0, 0.05) is 38.5 Å². The van der Waals surface area contributed by atoms with Gasteiger partial charge in [-0.05, 0) is 43.9 Å². The van der Waals surface area contributed by atoms with Crippen LogP contribution in [0.3, 0.4) is 0 Å². The van der Waals surface area contributed by atoms with Crippen molar-refractivity contribution in [3.63, 3.8) is 0 Å². The number of nitrogens with zero attached hydrogens (tertiary/aromatic N) is 7. The van der Waals surface area contributed by atoms with Gasteiger partial charge in [0.1, 0.15) is 5.75 Å². The van der Waals surface area contributed by atoms with E-state index in [0.717, 1.165) is 42.9 Å². The van der Waals surface area contributed by atoms with E-state index >= 15 is 0 Å². The van der Waals surface area contributed by atoms with Crippen LogP contribution in [-0.4, -0.2) is 74.0 Å². The first-order chi connectivity index (χ1) is 18.9. The fourth-order valence-electron chi connectivity index (χ4n) is 5.47. The smallest absolute Gasteiger partial charge is 0.324 e. The standard InChI is InChI=1S/C28H34N8O3/c1-19-15-23(38-17-20(2)22-7-5-4-6-8-22)16-36-25(19)30-24(32-36)9-12-35-18-28(31-26(35)37)10-13-34(14-11-28)27-29-21(3)33-39-27/h4-8,15-16,20H,9-14,17-18H2,1-3H3,(H,31,37)/t20-/m0/s1. The number of hydrogen-bond donors (Lipinski definition) is 1. The molecule has 2 saturated heterocycles. The Bertz CT molecular complexity index is 1460. The number of hydrogen-bond acceptors (Lipinski definition) is 8. The summed E-state index contributed by atoms with van der Waals surface area (Å²) in [5, 5.41) is 11.8. The summed E-state index contributed by atoms with van der Waals surface area (Å²) in [6, 6.07) is 12.9. The molecule has 0 radical (unpaired) electrons. The van der Waals surface area contributed by atoms with Gasteiger partial charge in [0.05, 0.1) is 18.3 Å². The lowest BCUT2D eigenvalue weighted by atomic mass is 9.88. The summed E-state index contributed by atoms with van der Waals surface area (Å²) in [6.45, 7) is 9.32. The Morgan fingerprint density at radius 2 is 1.95 bits per heavy atom. The average molecular weight is 531 g/mol. The molecule has 1 N–H and O–H groups in total. The van der Waals surface area contributed by atoms with Crippen LogP contribution in [0, 0.1) is 13.8 Å². The number of rotatable bonds is 8. The summed E-state index contributed by atoms with van der Waals surface area (Å²) in [5.41, 5.74) is 2.83. The third kappa shape index (κ3) is 5.25. The maximum absolute atomic E-state index is 12.8. The Balaban J connectivity index is 1.05. The zero-order chi connectivity index (χ0) is 27.0. The zero-order valence-electron chi connectivity index (χ0n) is 22.6. The van der Waals surface area contributed by atoms with Gasteiger partial charge in [0.25, 0.3) is 0 Å². The molecule has 1 atom stereocenters. The number of carbonyl (C=O) groups is 1. The summed E-state index contributed by atoms with van der Waals surface area (Å²) < 4.78 is 13.2. The number of pyridine rings is 1. The highest BCUT2D eigenvalue weighted by Crippen LogP contribution is 2.30. The molecule has 11 nitrogen and oxygen atoms in total. The van der Waals surface area contributed by atoms with Crippen LogP contribution in [0.25, 0.3) is 5.65 Å². The second kappa shape index (κ2) is 10.2. The number of aryl methyl sites for hydroxylation is 2. The second-order valence-electron chi connectivity index (χ2n) is 10.8. The summed E-state index contributed by atoms with van der Waals surface area (Å²) in [6.07, 6.45) is 4.12. The summed E-state index contributed by atoms with van der Waals surface area (Å²) in [4.78, 5) is 25.9. The minimum atomic E-state index is -0.227. The van der Waals surface area contributed by atoms with Crippen molar-refractivity contribution in [3.05, 3.63) is 65.4 Å². The number of piperidine rings is 1. The number of aromatic nitrogens is 5. The maximum Gasteiger partial charge on any atom is 0.324 e. The lowest BCUT2D eigenvalue weighted by molar-refractivity contribution is 0.217. The van der Waals surface area contributed by atoms with Crippen molar-refractivity contribution in [1.29, 1.82) is 0 Å². The zero-order valence-corrected chi connectivity index (χ0v) is 22.6. The largest absolute Gasteiger partial charge is 0.491 e. The highest BCUT2D eigenvalue weighted by molar-refractivity contribution is 5.78. The van der Waals surface area contributed by atoms with Gasteiger partial charge in [-0.2, -0.15) is 10.1 Å². The van der Waals surface area contributed by atoms with E-state index in [1.165, 1.54) is 5.56 Å². The molecular formula is C28H34N8O3. The van der Waals surface area contributed by atoms with E-state index < -0.39 is 0 Å². The maximum atomic E-state index is 12.8. The summed E-state index contributed by atoms with van der Waals surface area (Å²) in [7, 11) is 0. The Kier molecular flexibility index (Phi) is 6.58. The van der Waals surface area contributed by atoms with Gasteiger partial charge in [-0.15, -0.1) is 0 Å². The van der Waals surface area contributed by atoms with Crippen LogP contribution in [0.4, 0.5) is 10.8 Å². The van der Waals surface area contributed by atoms with Crippen molar-refractivity contribution in [2.45, 2.75) is 51.5 Å². The van der Waals surface area contributed by atoms with Crippen LogP contribution >= 0.6 is 0 Å². The summed E-state index contributed by atoms with van der Waals surface area (Å²) >= 11 is 0. The normalized spacial score (nSPS) is 17.7. The molecule has 2 amide bonds. The topological polar surface area (TPSA) is 114 Å². The van der Waals surface area contributed by atoms with Crippen LogP contribution in [0.2, 0.25) is 0 Å². The van der Waals surface area contributed by atoms with Gasteiger partial charge in [0.2, 0.25) is 0 Å². The molecule has 0 unspecified atom stereocenters. The fourth-order valence-corrected chi connectivity index (χ4v) is 5.47. The molecule has 39 heavy (non-hydrogen) atoms. The molecule has 0 bridgehead atoms. The van der Waals surface area contributed by atoms with Crippen molar-refractivity contribution in [2.24, 2.45) is 0 Å². The number of fused-ring (bicyclic) bond motifs is 1. The van der Waals surface area contributed by atoms with Crippen LogP contribution in [0.15, 0.2) is 47.1 Å². The third-order valence-corrected chi connectivity index (χ3v) is 7.77. The van der Waals surface area contributed by atoms with Gasteiger partial charge in [-0.25, -0.2) is 14.3 Å². The van der Waals surface area contributed by atoms with E-state index in [0.29, 0.717) is 43.8 Å². The highest BCUT2D eigenvalue weighted by atomic mass is 16.5. The number of anilines is 1. The SMILES string of the molecule is Cc1noc(N2CCC3(CC2)CN(CCc2nc4c(C)cc(OC[C@H](C)c5ccccc5)cn4n2)C(=O)N3)n1. The number of carbonyl (C=O) groups excluding carboxylic acids is 1. The molecule has 11 heteroatoms. The first-order valence-electron chi connectivity index (χ1n) is 13.5. The monoisotopic (exact) mass is 530 g/mol. The molecule has 1 aromatic carbocycles. The predicted octanol–water partition coefficient (Wildman–Crippen LogP) is 3.52. The fraction of sp³-hybridized carbons (Fsp3) is 0.464. The minimum absolute atomic E-state index is 0.0275. The Hall–Kier alpha value is -4.15. The van der Waals surface area contributed by atoms with Crippen molar-refractivity contribution in [1.82, 2.24) is 35.0 Å². The molecule has 3 aromatic heterocycles. The first-order valence-corrected chi connectivity index (χ1v) is 13.5. The minimum Gasteiger partial charge on any atom is -0.491 e. The van der Waals surface area contributed by atoms with Gasteiger partial charge >= 0.3 is 12.0 Å². The predicted molar refractivity (Wildman–Crippen MR) is 145 cm³/mol. The molecule has 2 aliphatic heterocycles. The third-order valence-electron chi connectivity index (χ3n) is 7.77. The lowest BCUT2D eigenvalue weighted by Crippen LogP contribution is -2.52. The number of urea groups is 1. The van der Waals surface area contributed by atoms with Crippen molar-refractivity contribution >= 4 is 17.7 Å². The van der Waals surface area contributed by atoms with E-state index in [2.05, 4.69) is 39.4 Å². The van der Waals surface area contributed by atoms with E-state index in [4.69, 9.17) is 19.3 Å². The molecule has 0 aliphatic carbocycles. The van der Waals surface area contributed by atoms with E-state index in [-0.39, 0.29) is 17.5 Å². The Labute approximate surface area is 227 Å². The average Bonchev–Trinajstić information content (AvgIpc) is 3.64. The molecular weight excluding hydrogens is 496 g/mol. The molecule has 204 valence electrons. The van der Waals surface area contributed by atoms with Gasteiger partial charge in [-0.1, -0.05) is 42.4 Å². The van der Waals surface area contributed by atoms with Crippen LogP contribution in [0.5, 0.6) is 5.75 Å². The number of ether oxygens (including phenoxy) is 1. The highest BCUT2D eigenvalue weighted by Gasteiger charge is 2.44. The van der Waals surface area contributed by atoms with Crippen LogP contribution < -0.4 is 15.0 Å². The quantitative estimate of drug-likeness (QED) is 0.368. The van der Waals surface area contributed by atoms with Gasteiger partial charge in [-0.3, -0.25) is 0 Å². The van der Waals surface area contributed by atoms with Gasteiger partial charge in [0.15, 0.2) is 17.3 Å². The van der Waals surface area contributed by atoms with E-state index in [1.54, 1.807) is 4.52 Å². The number of nitrogens with one attached hydrogen (secondary N) is 1.